The van der Waals surface area contributed by atoms with E-state index in [4.69, 9.17) is 40.1 Å². The molecule has 0 aromatic heterocycles. The van der Waals surface area contributed by atoms with Crippen LogP contribution in [0.5, 0.6) is 0 Å². The highest BCUT2D eigenvalue weighted by molar-refractivity contribution is 9.10. The maximum absolute atomic E-state index is 13.8. The molecule has 1 unspecified atom stereocenters. The van der Waals surface area contributed by atoms with Crippen LogP contribution in [0.4, 0.5) is 13.2 Å². The van der Waals surface area contributed by atoms with Gasteiger partial charge in [0.2, 0.25) is 0 Å². The highest BCUT2D eigenvalue weighted by atomic mass is 79.9. The maximum atomic E-state index is 13.8. The number of halogens is 7. The number of hydrogen-bond acceptors (Lipinski definition) is 4. The molecule has 4 nitrogen and oxygen atoms in total. The van der Waals surface area contributed by atoms with E-state index in [0.717, 1.165) is 18.2 Å². The molecule has 1 heterocycles. The molecule has 0 aliphatic carbocycles. The fraction of sp³-hybridized carbons (Fsp3) is 0.333. The van der Waals surface area contributed by atoms with Crippen molar-refractivity contribution in [1.82, 2.24) is 4.90 Å². The molecular weight excluding hydrogens is 590 g/mol. The molecule has 1 fully saturated rings. The summed E-state index contributed by atoms with van der Waals surface area (Å²) in [7, 11) is 0. The van der Waals surface area contributed by atoms with Gasteiger partial charge < -0.3 is 5.11 Å². The largest absolute Gasteiger partial charge is 0.858 e. The molecular formula is C24H19BrCl3F3N3O-. The second-order valence-electron chi connectivity index (χ2n) is 8.02. The van der Waals surface area contributed by atoms with Crippen molar-refractivity contribution in [3.8, 4) is 6.07 Å². The third kappa shape index (κ3) is 7.37. The third-order valence-electron chi connectivity index (χ3n) is 5.57. The van der Waals surface area contributed by atoms with Crippen LogP contribution < -0.4 is 5.11 Å². The normalized spacial score (nSPS) is 17.0. The van der Waals surface area contributed by atoms with Crippen molar-refractivity contribution in [2.75, 3.05) is 19.6 Å². The van der Waals surface area contributed by atoms with Crippen molar-refractivity contribution < 1.29 is 18.3 Å². The van der Waals surface area contributed by atoms with Gasteiger partial charge in [-0.2, -0.15) is 18.4 Å². The lowest BCUT2D eigenvalue weighted by Crippen LogP contribution is -2.36. The zero-order valence-corrected chi connectivity index (χ0v) is 22.0. The minimum absolute atomic E-state index is 0.00990. The highest BCUT2D eigenvalue weighted by Gasteiger charge is 2.39. The average molecular weight is 609 g/mol. The summed E-state index contributed by atoms with van der Waals surface area (Å²) in [5.74, 6) is -2.36. The molecule has 186 valence electrons. The zero-order valence-electron chi connectivity index (χ0n) is 18.1. The van der Waals surface area contributed by atoms with Crippen LogP contribution in [0.1, 0.15) is 35.4 Å². The lowest BCUT2D eigenvalue weighted by atomic mass is 9.97. The van der Waals surface area contributed by atoms with Gasteiger partial charge in [0, 0.05) is 17.6 Å². The van der Waals surface area contributed by atoms with Crippen molar-refractivity contribution in [3.05, 3.63) is 72.6 Å². The number of hydrogen-bond donors (Lipinski definition) is 0. The number of nitrogens with zero attached hydrogens (tertiary/aromatic N) is 3. The predicted octanol–water partition coefficient (Wildman–Crippen LogP) is 6.86. The number of aliphatic imine (C=N–C) groups is 1. The Kier molecular flexibility index (Phi) is 9.53. The monoisotopic (exact) mass is 606 g/mol. The van der Waals surface area contributed by atoms with E-state index < -0.39 is 18.0 Å². The Morgan fingerprint density at radius 1 is 1.20 bits per heavy atom. The Hall–Kier alpha value is -1.76. The molecule has 1 aliphatic rings. The number of likely N-dealkylation sites (tertiary alicyclic amines) is 1. The first kappa shape index (κ1) is 27.8. The molecule has 0 bridgehead atoms. The predicted molar refractivity (Wildman–Crippen MR) is 135 cm³/mol. The summed E-state index contributed by atoms with van der Waals surface area (Å²) in [5, 5.41) is 21.3. The quantitative estimate of drug-likeness (QED) is 0.156. The van der Waals surface area contributed by atoms with E-state index in [1.54, 1.807) is 12.1 Å². The van der Waals surface area contributed by atoms with Gasteiger partial charge >= 0.3 is 6.18 Å². The van der Waals surface area contributed by atoms with Gasteiger partial charge in [0.05, 0.1) is 39.6 Å². The first-order valence-electron chi connectivity index (χ1n) is 10.5. The van der Waals surface area contributed by atoms with Gasteiger partial charge in [0.15, 0.2) is 0 Å². The van der Waals surface area contributed by atoms with Crippen molar-refractivity contribution in [2.45, 2.75) is 31.0 Å². The van der Waals surface area contributed by atoms with Crippen LogP contribution in [0.15, 0.2) is 45.9 Å². The topological polar surface area (TPSA) is 62.5 Å². The number of alkyl halides is 3. The highest BCUT2D eigenvalue weighted by Crippen LogP contribution is 2.41. The van der Waals surface area contributed by atoms with Gasteiger partial charge in [0.25, 0.3) is 0 Å². The smallest absolute Gasteiger partial charge is 0.399 e. The molecule has 3 rings (SSSR count). The lowest BCUT2D eigenvalue weighted by Gasteiger charge is -2.29. The molecule has 0 saturated carbocycles. The van der Waals surface area contributed by atoms with Gasteiger partial charge in [-0.25, -0.2) is 0 Å². The second-order valence-corrected chi connectivity index (χ2v) is 10.1. The average Bonchev–Trinajstić information content (AvgIpc) is 2.78. The van der Waals surface area contributed by atoms with Gasteiger partial charge in [-0.3, -0.25) is 9.89 Å². The van der Waals surface area contributed by atoms with Gasteiger partial charge in [-0.05, 0) is 53.6 Å². The Morgan fingerprint density at radius 2 is 1.83 bits per heavy atom. The fourth-order valence-electron chi connectivity index (χ4n) is 3.72. The summed E-state index contributed by atoms with van der Waals surface area (Å²) in [6.45, 7) is 1.75. The van der Waals surface area contributed by atoms with Crippen molar-refractivity contribution >= 4 is 62.7 Å². The molecule has 2 aromatic carbocycles. The van der Waals surface area contributed by atoms with Gasteiger partial charge in [0.1, 0.15) is 0 Å². The lowest BCUT2D eigenvalue weighted by molar-refractivity contribution is -0.213. The van der Waals surface area contributed by atoms with Crippen LogP contribution in [-0.2, 0) is 0 Å². The van der Waals surface area contributed by atoms with E-state index in [9.17, 15) is 18.3 Å². The van der Waals surface area contributed by atoms with Crippen LogP contribution in [0.25, 0.3) is 6.08 Å². The molecule has 35 heavy (non-hydrogen) atoms. The molecule has 0 amide bonds. The van der Waals surface area contributed by atoms with Crippen molar-refractivity contribution in [3.63, 3.8) is 0 Å². The van der Waals surface area contributed by atoms with Crippen LogP contribution >= 0.6 is 50.7 Å². The molecule has 0 radical (unpaired) electrons. The number of nitriles is 1. The molecule has 2 aromatic rings. The Morgan fingerprint density at radius 3 is 2.37 bits per heavy atom. The number of piperidine rings is 1. The number of benzene rings is 2. The molecule has 11 heteroatoms. The van der Waals surface area contributed by atoms with E-state index in [-0.39, 0.29) is 26.7 Å². The molecule has 1 saturated heterocycles. The molecule has 0 spiro atoms. The summed E-state index contributed by atoms with van der Waals surface area (Å²) in [5.41, 5.74) is 0.641. The van der Waals surface area contributed by atoms with Crippen LogP contribution in [0.3, 0.4) is 0 Å². The number of allylic oxidation sites excluding steroid dienone is 1. The van der Waals surface area contributed by atoms with E-state index in [0.29, 0.717) is 48.1 Å². The van der Waals surface area contributed by atoms with Crippen LogP contribution in [-0.4, -0.2) is 42.7 Å². The minimum Gasteiger partial charge on any atom is -0.858 e. The molecule has 0 N–H and O–H groups in total. The minimum atomic E-state index is -4.59. The summed E-state index contributed by atoms with van der Waals surface area (Å²) >= 11 is 21.0. The summed E-state index contributed by atoms with van der Waals surface area (Å²) in [6.07, 6.45) is -0.910. The molecule has 1 atom stereocenters. The summed E-state index contributed by atoms with van der Waals surface area (Å²) in [6, 6.07) is 8.90. The summed E-state index contributed by atoms with van der Waals surface area (Å²) in [4.78, 5) is 6.29. The first-order valence-corrected chi connectivity index (χ1v) is 12.5. The van der Waals surface area contributed by atoms with Crippen molar-refractivity contribution in [2.24, 2.45) is 4.99 Å². The first-order chi connectivity index (χ1) is 16.5. The second kappa shape index (κ2) is 12.0. The summed E-state index contributed by atoms with van der Waals surface area (Å²) < 4.78 is 41.7. The number of rotatable bonds is 6. The zero-order chi connectivity index (χ0) is 25.8. The van der Waals surface area contributed by atoms with E-state index in [1.807, 2.05) is 4.90 Å². The Bertz CT molecular complexity index is 1150. The van der Waals surface area contributed by atoms with Gasteiger partial charge in [-0.15, -0.1) is 0 Å². The third-order valence-corrected chi connectivity index (χ3v) is 7.43. The standard InChI is InChI=1S/C24H20BrCl3F3N3O/c25-19-11-14(1-3-17(19)23(35)33-16-5-8-34(9-6-16)10-7-32)2-4-18(24(29,30)31)15-12-20(26)22(28)21(27)13-15/h1-4,11-13,16,18H,5-6,8-10H2,(H,33,35)/p-1/b4-2+. The Labute approximate surface area is 224 Å². The van der Waals surface area contributed by atoms with Crippen LogP contribution in [0, 0.1) is 11.3 Å². The Balaban J connectivity index is 1.78. The van der Waals surface area contributed by atoms with Gasteiger partial charge in [-0.1, -0.05) is 75.0 Å². The SMILES string of the molecule is N#CCN1CCC(N=C([O-])c2ccc(/C=C/C(c3cc(Cl)c(Cl)c(Cl)c3)C(F)(F)F)cc2Br)CC1. The van der Waals surface area contributed by atoms with Crippen LogP contribution in [0.2, 0.25) is 15.1 Å². The van der Waals surface area contributed by atoms with E-state index >= 15 is 0 Å². The fourth-order valence-corrected chi connectivity index (χ4v) is 4.90. The van der Waals surface area contributed by atoms with E-state index in [2.05, 4.69) is 27.0 Å². The van der Waals surface area contributed by atoms with E-state index in [1.165, 1.54) is 12.1 Å². The molecule has 1 aliphatic heterocycles. The van der Waals surface area contributed by atoms with Crippen molar-refractivity contribution in [1.29, 1.82) is 5.26 Å². The maximum Gasteiger partial charge on any atom is 0.399 e.